The van der Waals surface area contributed by atoms with Crippen molar-refractivity contribution in [2.24, 2.45) is 0 Å². The maximum atomic E-state index is 13.4. The number of aliphatic hydroxyl groups is 1. The molecule has 26 heavy (non-hydrogen) atoms. The van der Waals surface area contributed by atoms with Crippen LogP contribution in [0.1, 0.15) is 52.7 Å². The Labute approximate surface area is 150 Å². The number of Topliss-reactive ketones (excluding diaryl/α,β-unsaturated/α-hetero) is 1. The van der Waals surface area contributed by atoms with E-state index in [2.05, 4.69) is 5.32 Å². The van der Waals surface area contributed by atoms with Crippen molar-refractivity contribution in [1.29, 1.82) is 0 Å². The van der Waals surface area contributed by atoms with Crippen LogP contribution in [-0.4, -0.2) is 16.8 Å². The molecule has 6 nitrogen and oxygen atoms in total. The van der Waals surface area contributed by atoms with E-state index in [4.69, 9.17) is 10.5 Å². The van der Waals surface area contributed by atoms with Crippen LogP contribution in [0.25, 0.3) is 0 Å². The Balaban J connectivity index is 1.79. The summed E-state index contributed by atoms with van der Waals surface area (Å²) in [6.45, 7) is 1.31. The van der Waals surface area contributed by atoms with Gasteiger partial charge in [-0.1, -0.05) is 24.3 Å². The second-order valence-corrected chi connectivity index (χ2v) is 7.31. The molecule has 2 atom stereocenters. The van der Waals surface area contributed by atoms with E-state index in [0.29, 0.717) is 17.2 Å². The first-order valence-corrected chi connectivity index (χ1v) is 8.67. The number of benzene rings is 2. The van der Waals surface area contributed by atoms with Gasteiger partial charge in [0.15, 0.2) is 0 Å². The van der Waals surface area contributed by atoms with E-state index in [9.17, 15) is 14.7 Å². The van der Waals surface area contributed by atoms with Gasteiger partial charge in [-0.25, -0.2) is 0 Å². The van der Waals surface area contributed by atoms with E-state index in [1.165, 1.54) is 6.92 Å². The van der Waals surface area contributed by atoms with Crippen LogP contribution in [0.15, 0.2) is 36.4 Å². The summed E-state index contributed by atoms with van der Waals surface area (Å²) < 4.78 is 5.96. The van der Waals surface area contributed by atoms with Gasteiger partial charge in [0.05, 0.1) is 5.56 Å². The average molecular weight is 350 g/mol. The maximum absolute atomic E-state index is 13.4. The van der Waals surface area contributed by atoms with Gasteiger partial charge in [0, 0.05) is 23.7 Å². The van der Waals surface area contributed by atoms with Crippen molar-refractivity contribution in [1.82, 2.24) is 5.32 Å². The molecule has 2 unspecified atom stereocenters. The molecule has 3 aliphatic rings. The molecule has 5 rings (SSSR count). The number of fused-ring (bicyclic) bond motifs is 5. The molecule has 1 aliphatic heterocycles. The highest BCUT2D eigenvalue weighted by Gasteiger charge is 2.72. The number of ether oxygens (including phenoxy) is 1. The first-order chi connectivity index (χ1) is 12.4. The van der Waals surface area contributed by atoms with Crippen molar-refractivity contribution >= 4 is 17.4 Å². The third-order valence-corrected chi connectivity index (χ3v) is 5.62. The first-order valence-electron chi connectivity index (χ1n) is 8.67. The fraction of sp³-hybridized carbons (Fsp3) is 0.300. The molecule has 0 radical (unpaired) electrons. The van der Waals surface area contributed by atoms with Crippen LogP contribution in [0, 0.1) is 0 Å². The maximum Gasteiger partial charge on any atom is 0.271 e. The second kappa shape index (κ2) is 4.65. The van der Waals surface area contributed by atoms with Gasteiger partial charge in [-0.3, -0.25) is 9.59 Å². The predicted molar refractivity (Wildman–Crippen MR) is 93.6 cm³/mol. The van der Waals surface area contributed by atoms with Crippen molar-refractivity contribution in [3.63, 3.8) is 0 Å². The number of ketones is 1. The molecular weight excluding hydrogens is 332 g/mol. The monoisotopic (exact) mass is 350 g/mol. The Morgan fingerprint density at radius 2 is 2.04 bits per heavy atom. The third kappa shape index (κ3) is 1.65. The van der Waals surface area contributed by atoms with Crippen molar-refractivity contribution in [2.75, 3.05) is 5.73 Å². The zero-order chi connectivity index (χ0) is 18.3. The predicted octanol–water partition coefficient (Wildman–Crippen LogP) is 1.91. The molecule has 0 saturated heterocycles. The van der Waals surface area contributed by atoms with Crippen LogP contribution in [-0.2, 0) is 16.1 Å². The standard InChI is InChI=1S/C20H18N2O4/c1-10(23)22-19-13-8-7-12(11-5-6-11)9-16(13)26-20(19,25)14-3-2-4-15(21)17(14)18(19)24/h2-4,7-9,11,25H,5-6,21H2,1H3,(H,22,23). The number of nitrogen functional groups attached to an aromatic ring is 1. The van der Waals surface area contributed by atoms with Crippen LogP contribution >= 0.6 is 0 Å². The van der Waals surface area contributed by atoms with Crippen LogP contribution in [0.5, 0.6) is 5.75 Å². The number of nitrogens with two attached hydrogens (primary N) is 1. The highest BCUT2D eigenvalue weighted by Crippen LogP contribution is 2.59. The van der Waals surface area contributed by atoms with Gasteiger partial charge in [-0.15, -0.1) is 0 Å². The summed E-state index contributed by atoms with van der Waals surface area (Å²) in [6.07, 6.45) is 2.25. The molecule has 0 bridgehead atoms. The van der Waals surface area contributed by atoms with E-state index in [1.807, 2.05) is 12.1 Å². The van der Waals surface area contributed by atoms with E-state index >= 15 is 0 Å². The van der Waals surface area contributed by atoms with Gasteiger partial charge >= 0.3 is 0 Å². The molecule has 1 saturated carbocycles. The summed E-state index contributed by atoms with van der Waals surface area (Å²) in [4.78, 5) is 25.4. The normalized spacial score (nSPS) is 28.2. The van der Waals surface area contributed by atoms with Crippen LogP contribution in [0.3, 0.4) is 0 Å². The molecule has 2 aromatic rings. The minimum atomic E-state index is -2.02. The Morgan fingerprint density at radius 1 is 1.27 bits per heavy atom. The molecule has 1 amide bonds. The number of amides is 1. The van der Waals surface area contributed by atoms with Crippen molar-refractivity contribution in [3.8, 4) is 5.75 Å². The van der Waals surface area contributed by atoms with Crippen molar-refractivity contribution in [3.05, 3.63) is 58.7 Å². The lowest BCUT2D eigenvalue weighted by molar-refractivity contribution is -0.175. The largest absolute Gasteiger partial charge is 0.454 e. The lowest BCUT2D eigenvalue weighted by Crippen LogP contribution is -2.59. The summed E-state index contributed by atoms with van der Waals surface area (Å²) in [5, 5.41) is 14.2. The SMILES string of the molecule is CC(=O)NC12C(=O)c3c(N)cccc3C1(O)Oc1cc(C3CC3)ccc12. The Morgan fingerprint density at radius 3 is 2.73 bits per heavy atom. The Hall–Kier alpha value is -2.86. The van der Waals surface area contributed by atoms with Gasteiger partial charge in [0.25, 0.3) is 5.79 Å². The number of carbonyl (C=O) groups is 2. The van der Waals surface area contributed by atoms with E-state index < -0.39 is 23.0 Å². The lowest BCUT2D eigenvalue weighted by Gasteiger charge is -2.34. The summed E-state index contributed by atoms with van der Waals surface area (Å²) in [7, 11) is 0. The Bertz CT molecular complexity index is 997. The zero-order valence-electron chi connectivity index (χ0n) is 14.2. The number of hydrogen-bond donors (Lipinski definition) is 3. The highest BCUT2D eigenvalue weighted by atomic mass is 16.6. The molecule has 4 N–H and O–H groups in total. The van der Waals surface area contributed by atoms with Crippen LogP contribution < -0.4 is 15.8 Å². The van der Waals surface area contributed by atoms with E-state index in [0.717, 1.165) is 18.4 Å². The molecule has 2 aromatic carbocycles. The molecule has 0 spiro atoms. The molecule has 132 valence electrons. The number of carbonyl (C=O) groups excluding carboxylic acids is 2. The molecule has 2 aliphatic carbocycles. The molecule has 6 heteroatoms. The molecule has 1 heterocycles. The molecule has 0 aromatic heterocycles. The number of nitrogens with one attached hydrogen (secondary N) is 1. The fourth-order valence-corrected chi connectivity index (χ4v) is 4.32. The summed E-state index contributed by atoms with van der Waals surface area (Å²) in [5.41, 5.74) is 6.58. The number of anilines is 1. The van der Waals surface area contributed by atoms with E-state index in [1.54, 1.807) is 24.3 Å². The zero-order valence-corrected chi connectivity index (χ0v) is 14.2. The van der Waals surface area contributed by atoms with Gasteiger partial charge in [-0.2, -0.15) is 0 Å². The first kappa shape index (κ1) is 15.4. The van der Waals surface area contributed by atoms with Gasteiger partial charge in [-0.05, 0) is 36.5 Å². The quantitative estimate of drug-likeness (QED) is 0.718. The summed E-state index contributed by atoms with van der Waals surface area (Å²) in [6, 6.07) is 10.4. The molecule has 1 fully saturated rings. The summed E-state index contributed by atoms with van der Waals surface area (Å²) >= 11 is 0. The summed E-state index contributed by atoms with van der Waals surface area (Å²) in [5.74, 6) is -2.00. The van der Waals surface area contributed by atoms with Crippen LogP contribution in [0.2, 0.25) is 0 Å². The van der Waals surface area contributed by atoms with Gasteiger partial charge in [0.1, 0.15) is 5.75 Å². The van der Waals surface area contributed by atoms with Gasteiger partial charge < -0.3 is 20.9 Å². The second-order valence-electron chi connectivity index (χ2n) is 7.31. The minimum Gasteiger partial charge on any atom is -0.454 e. The fourth-order valence-electron chi connectivity index (χ4n) is 4.32. The lowest BCUT2D eigenvalue weighted by atomic mass is 9.82. The topological polar surface area (TPSA) is 102 Å². The number of hydrogen-bond acceptors (Lipinski definition) is 5. The number of rotatable bonds is 2. The smallest absolute Gasteiger partial charge is 0.271 e. The van der Waals surface area contributed by atoms with Crippen molar-refractivity contribution in [2.45, 2.75) is 37.0 Å². The Kier molecular flexibility index (Phi) is 2.75. The molecular formula is C20H18N2O4. The minimum absolute atomic E-state index is 0.195. The van der Waals surface area contributed by atoms with Crippen LogP contribution in [0.4, 0.5) is 5.69 Å². The third-order valence-electron chi connectivity index (χ3n) is 5.62. The highest BCUT2D eigenvalue weighted by molar-refractivity contribution is 6.15. The van der Waals surface area contributed by atoms with E-state index in [-0.39, 0.29) is 16.8 Å². The van der Waals surface area contributed by atoms with Crippen molar-refractivity contribution < 1.29 is 19.4 Å². The average Bonchev–Trinajstić information content (AvgIpc) is 3.37. The van der Waals surface area contributed by atoms with Gasteiger partial charge in [0.2, 0.25) is 17.2 Å².